The van der Waals surface area contributed by atoms with Gasteiger partial charge >= 0.3 is 11.9 Å². The van der Waals surface area contributed by atoms with Crippen LogP contribution in [0.3, 0.4) is 0 Å². The number of carbonyl (C=O) groups excluding carboxylic acids is 1. The van der Waals surface area contributed by atoms with E-state index >= 15 is 0 Å². The van der Waals surface area contributed by atoms with E-state index in [0.717, 1.165) is 5.69 Å². The average molecular weight is 486 g/mol. The van der Waals surface area contributed by atoms with Gasteiger partial charge in [0.05, 0.1) is 35.9 Å². The molecule has 1 fully saturated rings. The predicted molar refractivity (Wildman–Crippen MR) is 125 cm³/mol. The van der Waals surface area contributed by atoms with Gasteiger partial charge in [0.25, 0.3) is 0 Å². The minimum absolute atomic E-state index is 0.0992. The van der Waals surface area contributed by atoms with E-state index in [2.05, 4.69) is 10.3 Å². The Morgan fingerprint density at radius 3 is 2.79 bits per heavy atom. The van der Waals surface area contributed by atoms with Gasteiger partial charge in [-0.05, 0) is 54.7 Å². The lowest BCUT2D eigenvalue weighted by Gasteiger charge is -2.25. The number of methoxy groups -OCH3 is 1. The number of hydrogen-bond donors (Lipinski definition) is 2. The zero-order valence-electron chi connectivity index (χ0n) is 17.5. The van der Waals surface area contributed by atoms with Crippen LogP contribution in [0, 0.1) is 0 Å². The fourth-order valence-electron chi connectivity index (χ4n) is 3.77. The van der Waals surface area contributed by atoms with E-state index < -0.39 is 12.0 Å². The van der Waals surface area contributed by atoms with E-state index in [1.165, 1.54) is 25.3 Å². The minimum Gasteiger partial charge on any atom is -0.478 e. The van der Waals surface area contributed by atoms with Crippen LogP contribution in [0.2, 0.25) is 5.02 Å². The van der Waals surface area contributed by atoms with Gasteiger partial charge in [0.15, 0.2) is 5.11 Å². The van der Waals surface area contributed by atoms with Gasteiger partial charge in [0, 0.05) is 18.3 Å². The molecule has 10 heteroatoms. The Kier molecular flexibility index (Phi) is 6.62. The van der Waals surface area contributed by atoms with Gasteiger partial charge in [-0.3, -0.25) is 9.78 Å². The molecule has 33 heavy (non-hydrogen) atoms. The first kappa shape index (κ1) is 22.8. The van der Waals surface area contributed by atoms with Crippen LogP contribution in [0.25, 0.3) is 11.3 Å². The largest absolute Gasteiger partial charge is 0.478 e. The number of rotatable bonds is 7. The topological polar surface area (TPSA) is 105 Å². The Balaban J connectivity index is 1.72. The van der Waals surface area contributed by atoms with Crippen molar-refractivity contribution in [1.82, 2.24) is 15.2 Å². The molecule has 8 nitrogen and oxygen atoms in total. The molecule has 0 aliphatic carbocycles. The first-order valence-corrected chi connectivity index (χ1v) is 10.9. The number of pyridine rings is 1. The highest BCUT2D eigenvalue weighted by Gasteiger charge is 2.41. The lowest BCUT2D eigenvalue weighted by Crippen LogP contribution is -2.31. The van der Waals surface area contributed by atoms with E-state index in [1.54, 1.807) is 18.3 Å². The number of carboxylic acids is 1. The van der Waals surface area contributed by atoms with Crippen LogP contribution in [0.4, 0.5) is 0 Å². The van der Waals surface area contributed by atoms with Crippen molar-refractivity contribution in [2.75, 3.05) is 13.7 Å². The number of carboxylic acid groups (broad SMARTS) is 1. The van der Waals surface area contributed by atoms with Gasteiger partial charge in [-0.2, -0.15) is 0 Å². The number of nitrogens with one attached hydrogen (secondary N) is 1. The molecule has 3 heterocycles. The Morgan fingerprint density at radius 2 is 2.09 bits per heavy atom. The van der Waals surface area contributed by atoms with Crippen molar-refractivity contribution in [2.45, 2.75) is 18.5 Å². The number of benzene rings is 1. The fraction of sp³-hybridized carbons (Fsp3) is 0.217. The molecule has 3 aromatic rings. The summed E-state index contributed by atoms with van der Waals surface area (Å²) in [6.45, 7) is 0.317. The summed E-state index contributed by atoms with van der Waals surface area (Å²) in [6, 6.07) is 12.8. The molecule has 1 aromatic carbocycles. The van der Waals surface area contributed by atoms with Gasteiger partial charge in [-0.25, -0.2) is 4.79 Å². The summed E-state index contributed by atoms with van der Waals surface area (Å²) in [5, 5.41) is 13.4. The maximum absolute atomic E-state index is 11.8. The Morgan fingerprint density at radius 1 is 1.27 bits per heavy atom. The third-order valence-corrected chi connectivity index (χ3v) is 6.06. The summed E-state index contributed by atoms with van der Waals surface area (Å²) in [5.41, 5.74) is 1.32. The summed E-state index contributed by atoms with van der Waals surface area (Å²) in [5.74, 6) is -0.428. The van der Waals surface area contributed by atoms with Crippen molar-refractivity contribution in [1.29, 1.82) is 0 Å². The molecule has 170 valence electrons. The van der Waals surface area contributed by atoms with Crippen LogP contribution >= 0.6 is 23.8 Å². The van der Waals surface area contributed by atoms with Gasteiger partial charge < -0.3 is 24.5 Å². The second-order valence-electron chi connectivity index (χ2n) is 7.35. The number of aromatic carboxylic acids is 1. The quantitative estimate of drug-likeness (QED) is 0.375. The van der Waals surface area contributed by atoms with Gasteiger partial charge in [0.2, 0.25) is 0 Å². The molecule has 2 atom stereocenters. The summed E-state index contributed by atoms with van der Waals surface area (Å²) in [7, 11) is 1.34. The number of carbonyl (C=O) groups is 2. The number of aromatic nitrogens is 1. The van der Waals surface area contributed by atoms with Gasteiger partial charge in [-0.1, -0.05) is 17.7 Å². The molecular weight excluding hydrogens is 466 g/mol. The molecule has 0 spiro atoms. The zero-order valence-corrected chi connectivity index (χ0v) is 19.1. The second-order valence-corrected chi connectivity index (χ2v) is 8.14. The maximum Gasteiger partial charge on any atom is 0.335 e. The summed E-state index contributed by atoms with van der Waals surface area (Å²) >= 11 is 11.9. The normalized spacial score (nSPS) is 17.6. The molecule has 0 radical (unpaired) electrons. The molecule has 1 saturated heterocycles. The summed E-state index contributed by atoms with van der Waals surface area (Å²) in [4.78, 5) is 29.5. The number of thiocarbonyl (C=S) groups is 1. The highest BCUT2D eigenvalue weighted by atomic mass is 35.5. The molecule has 2 N–H and O–H groups in total. The van der Waals surface area contributed by atoms with Crippen LogP contribution in [0.15, 0.2) is 59.1 Å². The monoisotopic (exact) mass is 485 g/mol. The molecule has 1 aliphatic rings. The fourth-order valence-corrected chi connectivity index (χ4v) is 4.32. The molecule has 2 aromatic heterocycles. The first-order valence-electron chi connectivity index (χ1n) is 10.1. The van der Waals surface area contributed by atoms with Crippen LogP contribution < -0.4 is 5.32 Å². The second kappa shape index (κ2) is 9.60. The minimum atomic E-state index is -1.06. The van der Waals surface area contributed by atoms with Gasteiger partial charge in [-0.15, -0.1) is 0 Å². The van der Waals surface area contributed by atoms with Crippen molar-refractivity contribution in [3.8, 4) is 11.3 Å². The number of esters is 1. The first-order chi connectivity index (χ1) is 15.9. The average Bonchev–Trinajstić information content (AvgIpc) is 3.42. The van der Waals surface area contributed by atoms with Crippen molar-refractivity contribution >= 4 is 40.9 Å². The van der Waals surface area contributed by atoms with Crippen molar-refractivity contribution in [2.24, 2.45) is 0 Å². The number of halogens is 1. The lowest BCUT2D eigenvalue weighted by molar-refractivity contribution is -0.140. The highest BCUT2D eigenvalue weighted by molar-refractivity contribution is 7.80. The van der Waals surface area contributed by atoms with E-state index in [1.807, 2.05) is 23.1 Å². The molecule has 1 aliphatic heterocycles. The molecule has 0 bridgehead atoms. The number of furan rings is 1. The molecule has 0 amide bonds. The smallest absolute Gasteiger partial charge is 0.335 e. The van der Waals surface area contributed by atoms with Crippen molar-refractivity contribution < 1.29 is 23.8 Å². The molecule has 4 rings (SSSR count). The van der Waals surface area contributed by atoms with Crippen molar-refractivity contribution in [3.05, 3.63) is 76.8 Å². The van der Waals surface area contributed by atoms with E-state index in [0.29, 0.717) is 33.8 Å². The zero-order chi connectivity index (χ0) is 23.5. The summed E-state index contributed by atoms with van der Waals surface area (Å²) in [6.07, 6.45) is 1.84. The number of hydrogen-bond acceptors (Lipinski definition) is 6. The van der Waals surface area contributed by atoms with E-state index in [4.69, 9.17) is 33.0 Å². The summed E-state index contributed by atoms with van der Waals surface area (Å²) < 4.78 is 10.9. The lowest BCUT2D eigenvalue weighted by atomic mass is 10.0. The van der Waals surface area contributed by atoms with E-state index in [-0.39, 0.29) is 24.0 Å². The third-order valence-electron chi connectivity index (χ3n) is 5.38. The number of ether oxygens (including phenoxy) is 1. The third kappa shape index (κ3) is 4.69. The van der Waals surface area contributed by atoms with Crippen molar-refractivity contribution in [3.63, 3.8) is 0 Å². The molecule has 0 saturated carbocycles. The Hall–Kier alpha value is -3.43. The van der Waals surface area contributed by atoms with E-state index in [9.17, 15) is 14.7 Å². The Labute approximate surface area is 200 Å². The predicted octanol–water partition coefficient (Wildman–Crippen LogP) is 4.23. The molecule has 0 unspecified atom stereocenters. The van der Waals surface area contributed by atoms with Crippen LogP contribution in [-0.4, -0.2) is 45.7 Å². The molecular formula is C23H20ClN3O5S. The number of nitrogens with zero attached hydrogens (tertiary/aromatic N) is 2. The van der Waals surface area contributed by atoms with Crippen LogP contribution in [-0.2, 0) is 9.53 Å². The Bertz CT molecular complexity index is 1200. The highest BCUT2D eigenvalue weighted by Crippen LogP contribution is 2.41. The maximum atomic E-state index is 11.8. The SMILES string of the molecule is COC(=O)CCN1C(=S)N[C@@H](c2ccccn2)[C@@H]1c1ccc(-c2cc(C(=O)O)ccc2Cl)o1. The standard InChI is InChI=1S/C23H20ClN3O5S/c1-31-19(28)9-11-27-21(20(26-23(27)33)16-4-2-3-10-25-16)18-8-7-17(32-18)14-12-13(22(29)30)5-6-15(14)24/h2-8,10,12,20-21H,9,11H2,1H3,(H,26,33)(H,29,30)/t20-,21-/m0/s1. The van der Waals surface area contributed by atoms with Crippen LogP contribution in [0.5, 0.6) is 0 Å². The van der Waals surface area contributed by atoms with Crippen LogP contribution in [0.1, 0.15) is 40.3 Å². The van der Waals surface area contributed by atoms with Gasteiger partial charge in [0.1, 0.15) is 17.6 Å².